The van der Waals surface area contributed by atoms with E-state index in [1.54, 1.807) is 30.0 Å². The second-order valence-electron chi connectivity index (χ2n) is 6.77. The Labute approximate surface area is 172 Å². The third-order valence-corrected chi connectivity index (χ3v) is 5.41. The van der Waals surface area contributed by atoms with Crippen molar-refractivity contribution in [1.29, 1.82) is 5.41 Å². The van der Waals surface area contributed by atoms with Gasteiger partial charge in [-0.2, -0.15) is 0 Å². The van der Waals surface area contributed by atoms with Gasteiger partial charge in [0.2, 0.25) is 0 Å². The van der Waals surface area contributed by atoms with Crippen LogP contribution in [0.2, 0.25) is 10.2 Å². The van der Waals surface area contributed by atoms with Gasteiger partial charge in [0.25, 0.3) is 0 Å². The van der Waals surface area contributed by atoms with Gasteiger partial charge < -0.3 is 14.9 Å². The second-order valence-corrected chi connectivity index (χ2v) is 7.54. The Morgan fingerprint density at radius 3 is 2.46 bits per heavy atom. The van der Waals surface area contributed by atoms with Gasteiger partial charge in [-0.3, -0.25) is 5.41 Å². The van der Waals surface area contributed by atoms with Crippen molar-refractivity contribution in [1.82, 2.24) is 14.8 Å². The molecule has 0 aliphatic carbocycles. The maximum absolute atomic E-state index is 14.1. The topological polar surface area (TPSA) is 80.5 Å². The van der Waals surface area contributed by atoms with E-state index in [-0.39, 0.29) is 45.9 Å². The number of hydrogen-bond donors (Lipinski definition) is 2. The Kier molecular flexibility index (Phi) is 5.76. The summed E-state index contributed by atoms with van der Waals surface area (Å²) in [7, 11) is 0. The van der Waals surface area contributed by atoms with Crippen LogP contribution in [0, 0.1) is 11.2 Å². The van der Waals surface area contributed by atoms with Crippen LogP contribution in [0.4, 0.5) is 9.18 Å². The number of halogens is 3. The Balaban J connectivity index is 1.92. The summed E-state index contributed by atoms with van der Waals surface area (Å²) in [6, 6.07) is 7.10. The highest BCUT2D eigenvalue weighted by atomic mass is 35.5. The molecule has 0 bridgehead atoms. The molecule has 2 unspecified atom stereocenters. The van der Waals surface area contributed by atoms with Crippen LogP contribution in [0.15, 0.2) is 30.3 Å². The third-order valence-electron chi connectivity index (χ3n) is 4.83. The standard InChI is InChI=1S/C19H19Cl2FN4O2/c1-10-9-26(19(27)28)11(2)8-25(10)18(23)13-7-14(20)16(24-17(13)21)12-5-3-4-6-15(12)22/h3-7,10-11,23H,8-9H2,1-2H3,(H,27,28). The van der Waals surface area contributed by atoms with Crippen LogP contribution >= 0.6 is 23.2 Å². The van der Waals surface area contributed by atoms with E-state index in [1.807, 2.05) is 6.92 Å². The average molecular weight is 425 g/mol. The van der Waals surface area contributed by atoms with Crippen LogP contribution in [0.3, 0.4) is 0 Å². The van der Waals surface area contributed by atoms with Crippen molar-refractivity contribution in [2.24, 2.45) is 0 Å². The summed E-state index contributed by atoms with van der Waals surface area (Å²) in [6.45, 7) is 4.24. The van der Waals surface area contributed by atoms with E-state index in [4.69, 9.17) is 28.6 Å². The molecule has 1 fully saturated rings. The number of carboxylic acid groups (broad SMARTS) is 1. The number of amides is 1. The van der Waals surface area contributed by atoms with Crippen LogP contribution in [0.5, 0.6) is 0 Å². The summed E-state index contributed by atoms with van der Waals surface area (Å²) in [5.74, 6) is -0.369. The number of rotatable bonds is 2. The van der Waals surface area contributed by atoms with Gasteiger partial charge in [0.05, 0.1) is 16.3 Å². The van der Waals surface area contributed by atoms with Crippen molar-refractivity contribution in [2.45, 2.75) is 25.9 Å². The molecule has 2 N–H and O–H groups in total. The molecule has 1 saturated heterocycles. The Morgan fingerprint density at radius 1 is 1.21 bits per heavy atom. The molecular formula is C19H19Cl2FN4O2. The molecule has 0 saturated carbocycles. The Hall–Kier alpha value is -2.38. The van der Waals surface area contributed by atoms with Gasteiger partial charge in [-0.1, -0.05) is 35.3 Å². The highest BCUT2D eigenvalue weighted by Crippen LogP contribution is 2.32. The fraction of sp³-hybridized carbons (Fsp3) is 0.316. The zero-order valence-electron chi connectivity index (χ0n) is 15.3. The van der Waals surface area contributed by atoms with Crippen molar-refractivity contribution in [3.63, 3.8) is 0 Å². The van der Waals surface area contributed by atoms with Gasteiger partial charge in [0.15, 0.2) is 0 Å². The van der Waals surface area contributed by atoms with E-state index in [9.17, 15) is 14.3 Å². The lowest BCUT2D eigenvalue weighted by Crippen LogP contribution is -2.59. The minimum absolute atomic E-state index is 0.0353. The van der Waals surface area contributed by atoms with Crippen molar-refractivity contribution in [3.8, 4) is 11.3 Å². The first-order valence-electron chi connectivity index (χ1n) is 8.66. The summed E-state index contributed by atoms with van der Waals surface area (Å²) in [5.41, 5.74) is 0.748. The maximum atomic E-state index is 14.1. The highest BCUT2D eigenvalue weighted by molar-refractivity contribution is 6.36. The van der Waals surface area contributed by atoms with E-state index in [2.05, 4.69) is 4.98 Å². The van der Waals surface area contributed by atoms with Gasteiger partial charge in [-0.25, -0.2) is 14.2 Å². The van der Waals surface area contributed by atoms with Crippen LogP contribution in [0.25, 0.3) is 11.3 Å². The smallest absolute Gasteiger partial charge is 0.407 e. The SMILES string of the molecule is CC1CN(C(=O)O)C(C)CN1C(=N)c1cc(Cl)c(-c2ccccc2F)nc1Cl. The van der Waals surface area contributed by atoms with Crippen molar-refractivity contribution >= 4 is 35.1 Å². The lowest BCUT2D eigenvalue weighted by molar-refractivity contribution is 0.0747. The van der Waals surface area contributed by atoms with Crippen molar-refractivity contribution in [3.05, 3.63) is 51.9 Å². The first kappa shape index (κ1) is 20.4. The van der Waals surface area contributed by atoms with E-state index in [0.29, 0.717) is 12.1 Å². The zero-order chi connectivity index (χ0) is 20.6. The van der Waals surface area contributed by atoms with Gasteiger partial charge in [0.1, 0.15) is 16.8 Å². The van der Waals surface area contributed by atoms with Crippen LogP contribution in [0.1, 0.15) is 19.4 Å². The van der Waals surface area contributed by atoms with Gasteiger partial charge in [-0.15, -0.1) is 0 Å². The molecule has 2 atom stereocenters. The molecule has 9 heteroatoms. The number of benzene rings is 1. The average Bonchev–Trinajstić information content (AvgIpc) is 2.64. The lowest BCUT2D eigenvalue weighted by Gasteiger charge is -2.44. The summed E-state index contributed by atoms with van der Waals surface area (Å²) in [6.07, 6.45) is -0.984. The largest absolute Gasteiger partial charge is 0.465 e. The second kappa shape index (κ2) is 7.93. The fourth-order valence-corrected chi connectivity index (χ4v) is 3.82. The van der Waals surface area contributed by atoms with E-state index in [0.717, 1.165) is 0 Å². The first-order chi connectivity index (χ1) is 13.2. The molecule has 1 aromatic heterocycles. The predicted octanol–water partition coefficient (Wildman–Crippen LogP) is 4.59. The number of piperazine rings is 1. The summed E-state index contributed by atoms with van der Waals surface area (Å²) in [5, 5.41) is 18.1. The number of pyridine rings is 1. The fourth-order valence-electron chi connectivity index (χ4n) is 3.33. The van der Waals surface area contributed by atoms with Gasteiger partial charge in [0, 0.05) is 30.7 Å². The number of aromatic nitrogens is 1. The molecule has 2 aromatic rings. The molecule has 0 radical (unpaired) electrons. The molecule has 1 amide bonds. The summed E-state index contributed by atoms with van der Waals surface area (Å²) < 4.78 is 14.1. The molecule has 1 aliphatic heterocycles. The van der Waals surface area contributed by atoms with E-state index < -0.39 is 11.9 Å². The molecular weight excluding hydrogens is 406 g/mol. The van der Waals surface area contributed by atoms with Gasteiger partial charge in [-0.05, 0) is 32.0 Å². The zero-order valence-corrected chi connectivity index (χ0v) is 16.8. The molecule has 28 heavy (non-hydrogen) atoms. The molecule has 1 aliphatic rings. The monoisotopic (exact) mass is 424 g/mol. The minimum atomic E-state index is -0.984. The summed E-state index contributed by atoms with van der Waals surface area (Å²) in [4.78, 5) is 18.7. The molecule has 0 spiro atoms. The van der Waals surface area contributed by atoms with Crippen LogP contribution in [-0.4, -0.2) is 57.0 Å². The van der Waals surface area contributed by atoms with Crippen LogP contribution < -0.4 is 0 Å². The van der Waals surface area contributed by atoms with Crippen LogP contribution in [-0.2, 0) is 0 Å². The summed E-state index contributed by atoms with van der Waals surface area (Å²) >= 11 is 12.6. The Bertz CT molecular complexity index is 940. The number of nitrogens with zero attached hydrogens (tertiary/aromatic N) is 3. The number of amidine groups is 1. The van der Waals surface area contributed by atoms with E-state index >= 15 is 0 Å². The third kappa shape index (κ3) is 3.77. The molecule has 148 valence electrons. The Morgan fingerprint density at radius 2 is 1.82 bits per heavy atom. The number of hydrogen-bond acceptors (Lipinski definition) is 3. The predicted molar refractivity (Wildman–Crippen MR) is 107 cm³/mol. The highest BCUT2D eigenvalue weighted by Gasteiger charge is 2.34. The lowest BCUT2D eigenvalue weighted by atomic mass is 10.1. The van der Waals surface area contributed by atoms with E-state index in [1.165, 1.54) is 17.0 Å². The molecule has 2 heterocycles. The molecule has 1 aromatic carbocycles. The van der Waals surface area contributed by atoms with Crippen molar-refractivity contribution in [2.75, 3.05) is 13.1 Å². The molecule has 6 nitrogen and oxygen atoms in total. The first-order valence-corrected chi connectivity index (χ1v) is 9.42. The quantitative estimate of drug-likeness (QED) is 0.419. The number of carbonyl (C=O) groups is 1. The molecule has 3 rings (SSSR count). The van der Waals surface area contributed by atoms with Crippen molar-refractivity contribution < 1.29 is 14.3 Å². The number of nitrogens with one attached hydrogen (secondary N) is 1. The minimum Gasteiger partial charge on any atom is -0.465 e. The van der Waals surface area contributed by atoms with Gasteiger partial charge >= 0.3 is 6.09 Å². The maximum Gasteiger partial charge on any atom is 0.407 e. The normalized spacial score (nSPS) is 19.6.